The lowest BCUT2D eigenvalue weighted by Crippen LogP contribution is -1.93. The third kappa shape index (κ3) is 2.39. The minimum absolute atomic E-state index is 0.504. The van der Waals surface area contributed by atoms with Crippen LogP contribution in [0.4, 0.5) is 0 Å². The van der Waals surface area contributed by atoms with Gasteiger partial charge in [-0.3, -0.25) is 4.57 Å². The summed E-state index contributed by atoms with van der Waals surface area (Å²) in [4.78, 5) is 5.13. The summed E-state index contributed by atoms with van der Waals surface area (Å²) in [5, 5.41) is 0. The normalized spacial score (nSPS) is 11.4. The maximum absolute atomic E-state index is 5.59. The van der Waals surface area contributed by atoms with Crippen molar-refractivity contribution >= 4 is 56.6 Å². The Kier molecular flexibility index (Phi) is 3.29. The Labute approximate surface area is 134 Å². The molecule has 0 atom stereocenters. The van der Waals surface area contributed by atoms with Crippen LogP contribution in [0, 0.1) is 4.84 Å². The summed E-state index contributed by atoms with van der Waals surface area (Å²) >= 11 is 8.68. The van der Waals surface area contributed by atoms with Crippen LogP contribution in [0.5, 0.6) is 0 Å². The van der Waals surface area contributed by atoms with Gasteiger partial charge in [-0.05, 0) is 36.5 Å². The molecule has 21 heavy (non-hydrogen) atoms. The van der Waals surface area contributed by atoms with E-state index in [1.807, 2.05) is 47.0 Å². The van der Waals surface area contributed by atoms with Crippen molar-refractivity contribution in [3.8, 4) is 0 Å². The molecule has 0 amide bonds. The summed E-state index contributed by atoms with van der Waals surface area (Å²) < 4.78 is 9.85. The summed E-state index contributed by atoms with van der Waals surface area (Å²) in [6.45, 7) is 0. The van der Waals surface area contributed by atoms with Crippen LogP contribution in [0.3, 0.4) is 0 Å². The molecule has 0 N–H and O–H groups in total. The number of benzene rings is 2. The summed E-state index contributed by atoms with van der Waals surface area (Å²) in [6.07, 6.45) is 0. The number of thioether (sulfide) groups is 1. The molecule has 2 aromatic heterocycles. The zero-order valence-corrected chi connectivity index (χ0v) is 13.3. The van der Waals surface area contributed by atoms with Crippen LogP contribution in [0.1, 0.15) is 0 Å². The third-order valence-electron chi connectivity index (χ3n) is 3.17. The van der Waals surface area contributed by atoms with Gasteiger partial charge in [-0.2, -0.15) is 0 Å². The quantitative estimate of drug-likeness (QED) is 0.375. The van der Waals surface area contributed by atoms with Crippen LogP contribution in [-0.4, -0.2) is 9.55 Å². The van der Waals surface area contributed by atoms with Gasteiger partial charge in [0.2, 0.25) is 0 Å². The molecule has 0 spiro atoms. The van der Waals surface area contributed by atoms with Crippen LogP contribution in [0.15, 0.2) is 57.3 Å². The van der Waals surface area contributed by atoms with Gasteiger partial charge in [0.05, 0.1) is 21.6 Å². The molecule has 0 saturated carbocycles. The van der Waals surface area contributed by atoms with E-state index < -0.39 is 0 Å². The van der Waals surface area contributed by atoms with Crippen molar-refractivity contribution in [3.63, 3.8) is 0 Å². The zero-order valence-electron chi connectivity index (χ0n) is 10.9. The standard InChI is InChI=1S/C15H10N2OS3/c19-15-17(11-6-2-3-7-12(11)18-15)9-20-14-16-10-5-1-4-8-13(10)21-14/h1-8H,9H2. The molecule has 2 heterocycles. The number of nitrogens with zero attached hydrogens (tertiary/aromatic N) is 2. The largest absolute Gasteiger partial charge is 0.429 e. The summed E-state index contributed by atoms with van der Waals surface area (Å²) in [7, 11) is 0. The van der Waals surface area contributed by atoms with E-state index in [0.29, 0.717) is 10.7 Å². The predicted molar refractivity (Wildman–Crippen MR) is 90.5 cm³/mol. The average molecular weight is 330 g/mol. The van der Waals surface area contributed by atoms with E-state index in [-0.39, 0.29) is 0 Å². The van der Waals surface area contributed by atoms with Crippen molar-refractivity contribution in [1.29, 1.82) is 0 Å². The highest BCUT2D eigenvalue weighted by Crippen LogP contribution is 2.31. The summed E-state index contributed by atoms with van der Waals surface area (Å²) in [6, 6.07) is 16.1. The minimum atomic E-state index is 0.504. The third-order valence-corrected chi connectivity index (χ3v) is 5.63. The molecule has 6 heteroatoms. The number of rotatable bonds is 3. The highest BCUT2D eigenvalue weighted by atomic mass is 32.2. The van der Waals surface area contributed by atoms with E-state index in [4.69, 9.17) is 16.6 Å². The predicted octanol–water partition coefficient (Wildman–Crippen LogP) is 5.32. The molecule has 104 valence electrons. The number of hydrogen-bond acceptors (Lipinski definition) is 5. The second-order valence-electron chi connectivity index (χ2n) is 4.48. The molecule has 2 aromatic carbocycles. The van der Waals surface area contributed by atoms with Crippen molar-refractivity contribution in [2.75, 3.05) is 0 Å². The fourth-order valence-corrected chi connectivity index (χ4v) is 4.52. The molecule has 0 saturated heterocycles. The number of thiazole rings is 1. The Hall–Kier alpha value is -1.63. The van der Waals surface area contributed by atoms with Crippen LogP contribution in [-0.2, 0) is 5.88 Å². The highest BCUT2D eigenvalue weighted by Gasteiger charge is 2.08. The topological polar surface area (TPSA) is 31.0 Å². The Bertz CT molecular complexity index is 950. The lowest BCUT2D eigenvalue weighted by molar-refractivity contribution is 0.557. The summed E-state index contributed by atoms with van der Waals surface area (Å²) in [5.41, 5.74) is 2.90. The number of aromatic nitrogens is 2. The molecular weight excluding hydrogens is 320 g/mol. The van der Waals surface area contributed by atoms with Crippen LogP contribution >= 0.6 is 35.3 Å². The van der Waals surface area contributed by atoms with Gasteiger partial charge < -0.3 is 4.42 Å². The number of hydrogen-bond donors (Lipinski definition) is 0. The first-order valence-electron chi connectivity index (χ1n) is 6.38. The van der Waals surface area contributed by atoms with Gasteiger partial charge in [-0.1, -0.05) is 36.0 Å². The molecule has 0 unspecified atom stereocenters. The van der Waals surface area contributed by atoms with Crippen molar-refractivity contribution in [2.24, 2.45) is 0 Å². The van der Waals surface area contributed by atoms with E-state index in [9.17, 15) is 0 Å². The van der Waals surface area contributed by atoms with Gasteiger partial charge >= 0.3 is 0 Å². The molecular formula is C15H10N2OS3. The van der Waals surface area contributed by atoms with Gasteiger partial charge in [0, 0.05) is 0 Å². The second-order valence-corrected chi connectivity index (χ2v) is 7.06. The Morgan fingerprint density at radius 3 is 2.86 bits per heavy atom. The Morgan fingerprint density at radius 2 is 1.95 bits per heavy atom. The maximum Gasteiger partial charge on any atom is 0.270 e. The smallest absolute Gasteiger partial charge is 0.270 e. The Morgan fingerprint density at radius 1 is 1.14 bits per heavy atom. The molecule has 0 fully saturated rings. The van der Waals surface area contributed by atoms with E-state index in [0.717, 1.165) is 21.0 Å². The molecule has 3 nitrogen and oxygen atoms in total. The zero-order chi connectivity index (χ0) is 14.2. The first kappa shape index (κ1) is 13.1. The molecule has 4 aromatic rings. The molecule has 0 aliphatic rings. The monoisotopic (exact) mass is 330 g/mol. The van der Waals surface area contributed by atoms with Gasteiger partial charge in [-0.15, -0.1) is 11.3 Å². The lowest BCUT2D eigenvalue weighted by atomic mass is 10.3. The number of para-hydroxylation sites is 3. The molecule has 0 bridgehead atoms. The first-order valence-corrected chi connectivity index (χ1v) is 8.59. The van der Waals surface area contributed by atoms with E-state index >= 15 is 0 Å². The van der Waals surface area contributed by atoms with Gasteiger partial charge in [-0.25, -0.2) is 4.98 Å². The van der Waals surface area contributed by atoms with E-state index in [1.165, 1.54) is 4.70 Å². The highest BCUT2D eigenvalue weighted by molar-refractivity contribution is 8.00. The second kappa shape index (κ2) is 5.29. The lowest BCUT2D eigenvalue weighted by Gasteiger charge is -2.00. The maximum atomic E-state index is 5.59. The number of fused-ring (bicyclic) bond motifs is 2. The van der Waals surface area contributed by atoms with Crippen molar-refractivity contribution < 1.29 is 4.42 Å². The van der Waals surface area contributed by atoms with E-state index in [1.54, 1.807) is 23.1 Å². The van der Waals surface area contributed by atoms with E-state index in [2.05, 4.69) is 11.1 Å². The molecule has 4 rings (SSSR count). The fraction of sp³-hybridized carbons (Fsp3) is 0.0667. The Balaban J connectivity index is 1.66. The van der Waals surface area contributed by atoms with Crippen molar-refractivity contribution in [1.82, 2.24) is 9.55 Å². The van der Waals surface area contributed by atoms with Gasteiger partial charge in [0.25, 0.3) is 4.84 Å². The SMILES string of the molecule is S=c1oc2ccccc2n1CSc1nc2ccccc2s1. The molecule has 0 aliphatic heterocycles. The number of oxazole rings is 1. The van der Waals surface area contributed by atoms with Crippen molar-refractivity contribution in [3.05, 3.63) is 53.4 Å². The molecule has 0 radical (unpaired) electrons. The fourth-order valence-electron chi connectivity index (χ4n) is 2.17. The van der Waals surface area contributed by atoms with Crippen LogP contribution in [0.2, 0.25) is 0 Å². The first-order chi connectivity index (χ1) is 10.3. The van der Waals surface area contributed by atoms with Crippen LogP contribution in [0.25, 0.3) is 21.3 Å². The minimum Gasteiger partial charge on any atom is -0.429 e. The van der Waals surface area contributed by atoms with Gasteiger partial charge in [0.15, 0.2) is 9.92 Å². The molecule has 0 aliphatic carbocycles. The van der Waals surface area contributed by atoms with Gasteiger partial charge in [0.1, 0.15) is 0 Å². The summed E-state index contributed by atoms with van der Waals surface area (Å²) in [5.74, 6) is 0.704. The van der Waals surface area contributed by atoms with Crippen molar-refractivity contribution in [2.45, 2.75) is 10.2 Å². The van der Waals surface area contributed by atoms with Crippen LogP contribution < -0.4 is 0 Å². The average Bonchev–Trinajstić information content (AvgIpc) is 3.04.